The molecular weight excluding hydrogens is 322 g/mol. The maximum absolute atomic E-state index is 5.83. The van der Waals surface area contributed by atoms with Crippen molar-refractivity contribution in [2.24, 2.45) is 0 Å². The van der Waals surface area contributed by atoms with Gasteiger partial charge in [-0.15, -0.1) is 0 Å². The van der Waals surface area contributed by atoms with E-state index in [2.05, 4.69) is 15.0 Å². The number of thioether (sulfide) groups is 1. The average molecular weight is 343 g/mol. The van der Waals surface area contributed by atoms with Crippen LogP contribution in [0.4, 0.5) is 0 Å². The number of H-pyrrole nitrogens is 1. The zero-order chi connectivity index (χ0) is 16.9. The lowest BCUT2D eigenvalue weighted by atomic mass is 10.2. The smallest absolute Gasteiger partial charge is 0.196 e. The Labute approximate surface area is 145 Å². The third-order valence-corrected chi connectivity index (χ3v) is 4.55. The predicted molar refractivity (Wildman–Crippen MR) is 96.3 cm³/mol. The van der Waals surface area contributed by atoms with E-state index in [1.54, 1.807) is 18.0 Å². The summed E-state index contributed by atoms with van der Waals surface area (Å²) in [6.07, 6.45) is 1.50. The van der Waals surface area contributed by atoms with Crippen molar-refractivity contribution in [3.63, 3.8) is 0 Å². The van der Waals surface area contributed by atoms with Crippen LogP contribution in [0.1, 0.15) is 25.1 Å². The van der Waals surface area contributed by atoms with Crippen molar-refractivity contribution in [3.05, 3.63) is 47.8 Å². The maximum Gasteiger partial charge on any atom is 0.196 e. The van der Waals surface area contributed by atoms with Gasteiger partial charge in [0.15, 0.2) is 11.4 Å². The number of aromatic nitrogens is 3. The van der Waals surface area contributed by atoms with Crippen molar-refractivity contribution in [1.82, 2.24) is 15.0 Å². The number of pyridine rings is 1. The first kappa shape index (κ1) is 16.8. The lowest BCUT2D eigenvalue weighted by molar-refractivity contribution is -0.0617. The van der Waals surface area contributed by atoms with Crippen LogP contribution >= 0.6 is 11.8 Å². The molecule has 6 heteroatoms. The molecule has 0 aliphatic rings. The molecule has 24 heavy (non-hydrogen) atoms. The van der Waals surface area contributed by atoms with Crippen LogP contribution in [0.15, 0.2) is 41.7 Å². The fraction of sp³-hybridized carbons (Fsp3) is 0.333. The number of benzene rings is 1. The SMILES string of the molecule is CCO[C@H](C)Oc1ccnc(CSc2nc3ccccc3[nH]2)c1C. The van der Waals surface area contributed by atoms with E-state index in [1.165, 1.54) is 0 Å². The van der Waals surface area contributed by atoms with Crippen LogP contribution in [-0.4, -0.2) is 27.8 Å². The summed E-state index contributed by atoms with van der Waals surface area (Å²) in [6.45, 7) is 6.50. The van der Waals surface area contributed by atoms with E-state index in [0.717, 1.165) is 38.9 Å². The molecule has 0 aliphatic carbocycles. The molecular formula is C18H21N3O2S. The number of fused-ring (bicyclic) bond motifs is 1. The summed E-state index contributed by atoms with van der Waals surface area (Å²) in [4.78, 5) is 12.4. The van der Waals surface area contributed by atoms with Crippen LogP contribution in [0.5, 0.6) is 5.75 Å². The van der Waals surface area contributed by atoms with E-state index in [-0.39, 0.29) is 6.29 Å². The van der Waals surface area contributed by atoms with Crippen LogP contribution in [0.2, 0.25) is 0 Å². The number of para-hydroxylation sites is 2. The molecule has 0 saturated carbocycles. The largest absolute Gasteiger partial charge is 0.465 e. The van der Waals surface area contributed by atoms with E-state index in [9.17, 15) is 0 Å². The van der Waals surface area contributed by atoms with Crippen molar-refractivity contribution in [2.75, 3.05) is 6.61 Å². The second kappa shape index (κ2) is 7.68. The zero-order valence-electron chi connectivity index (χ0n) is 14.1. The molecule has 0 bridgehead atoms. The quantitative estimate of drug-likeness (QED) is 0.511. The minimum absolute atomic E-state index is 0.271. The monoisotopic (exact) mass is 343 g/mol. The fourth-order valence-corrected chi connectivity index (χ4v) is 3.32. The van der Waals surface area contributed by atoms with E-state index in [4.69, 9.17) is 9.47 Å². The zero-order valence-corrected chi connectivity index (χ0v) is 14.9. The minimum atomic E-state index is -0.271. The lowest BCUT2D eigenvalue weighted by Crippen LogP contribution is -2.16. The molecule has 2 heterocycles. The molecule has 1 atom stereocenters. The van der Waals surface area contributed by atoms with E-state index < -0.39 is 0 Å². The van der Waals surface area contributed by atoms with Gasteiger partial charge >= 0.3 is 0 Å². The Morgan fingerprint density at radius 2 is 2.08 bits per heavy atom. The average Bonchev–Trinajstić information content (AvgIpc) is 2.99. The van der Waals surface area contributed by atoms with Gasteiger partial charge in [-0.05, 0) is 39.0 Å². The molecule has 0 fully saturated rings. The molecule has 0 saturated heterocycles. The molecule has 0 spiro atoms. The lowest BCUT2D eigenvalue weighted by Gasteiger charge is -2.17. The third kappa shape index (κ3) is 3.88. The van der Waals surface area contributed by atoms with Crippen LogP contribution in [0.25, 0.3) is 11.0 Å². The van der Waals surface area contributed by atoms with Gasteiger partial charge in [0.2, 0.25) is 0 Å². The van der Waals surface area contributed by atoms with Crippen molar-refractivity contribution >= 4 is 22.8 Å². The number of ether oxygens (including phenoxy) is 2. The Hall–Kier alpha value is -2.05. The van der Waals surface area contributed by atoms with Gasteiger partial charge in [0.05, 0.1) is 16.7 Å². The van der Waals surface area contributed by atoms with Crippen molar-refractivity contribution in [3.8, 4) is 5.75 Å². The first-order valence-electron chi connectivity index (χ1n) is 7.97. The number of aromatic amines is 1. The molecule has 3 aromatic rings. The van der Waals surface area contributed by atoms with Gasteiger partial charge in [-0.3, -0.25) is 4.98 Å². The molecule has 3 rings (SSSR count). The molecule has 1 aromatic carbocycles. The molecule has 0 unspecified atom stereocenters. The van der Waals surface area contributed by atoms with Gasteiger partial charge in [-0.25, -0.2) is 4.98 Å². The molecule has 1 N–H and O–H groups in total. The van der Waals surface area contributed by atoms with Gasteiger partial charge in [-0.2, -0.15) is 0 Å². The van der Waals surface area contributed by atoms with Crippen LogP contribution < -0.4 is 4.74 Å². The van der Waals surface area contributed by atoms with Gasteiger partial charge in [0.25, 0.3) is 0 Å². The molecule has 126 valence electrons. The Morgan fingerprint density at radius 3 is 2.88 bits per heavy atom. The van der Waals surface area contributed by atoms with Gasteiger partial charge < -0.3 is 14.5 Å². The standard InChI is InChI=1S/C18H21N3O2S/c1-4-22-13(3)23-17-9-10-19-16(12(17)2)11-24-18-20-14-7-5-6-8-15(14)21-18/h5-10,13H,4,11H2,1-3H3,(H,20,21)/t13-/m0/s1. The Balaban J connectivity index is 1.70. The van der Waals surface area contributed by atoms with Gasteiger partial charge in [0, 0.05) is 24.1 Å². The first-order valence-corrected chi connectivity index (χ1v) is 8.96. The Kier molecular flexibility index (Phi) is 5.37. The summed E-state index contributed by atoms with van der Waals surface area (Å²) >= 11 is 1.64. The van der Waals surface area contributed by atoms with Crippen molar-refractivity contribution < 1.29 is 9.47 Å². The highest BCUT2D eigenvalue weighted by Gasteiger charge is 2.11. The highest BCUT2D eigenvalue weighted by molar-refractivity contribution is 7.98. The minimum Gasteiger partial charge on any atom is -0.465 e. The summed E-state index contributed by atoms with van der Waals surface area (Å²) in [5.41, 5.74) is 4.05. The van der Waals surface area contributed by atoms with Crippen molar-refractivity contribution in [1.29, 1.82) is 0 Å². The number of nitrogens with one attached hydrogen (secondary N) is 1. The van der Waals surface area contributed by atoms with Crippen LogP contribution in [0.3, 0.4) is 0 Å². The maximum atomic E-state index is 5.83. The summed E-state index contributed by atoms with van der Waals surface area (Å²) in [5.74, 6) is 1.54. The summed E-state index contributed by atoms with van der Waals surface area (Å²) in [7, 11) is 0. The normalized spacial score (nSPS) is 12.5. The fourth-order valence-electron chi connectivity index (χ4n) is 2.41. The number of imidazole rings is 1. The molecule has 5 nitrogen and oxygen atoms in total. The van der Waals surface area contributed by atoms with Gasteiger partial charge in [-0.1, -0.05) is 23.9 Å². The van der Waals surface area contributed by atoms with Gasteiger partial charge in [0.1, 0.15) is 5.75 Å². The number of hydrogen-bond donors (Lipinski definition) is 1. The molecule has 0 amide bonds. The highest BCUT2D eigenvalue weighted by atomic mass is 32.2. The second-order valence-electron chi connectivity index (χ2n) is 5.37. The van der Waals surface area contributed by atoms with E-state index >= 15 is 0 Å². The summed E-state index contributed by atoms with van der Waals surface area (Å²) < 4.78 is 11.3. The van der Waals surface area contributed by atoms with Crippen LogP contribution in [-0.2, 0) is 10.5 Å². The molecule has 0 radical (unpaired) electrons. The summed E-state index contributed by atoms with van der Waals surface area (Å²) in [5, 5.41) is 0.895. The molecule has 2 aromatic heterocycles. The molecule has 0 aliphatic heterocycles. The number of hydrogen-bond acceptors (Lipinski definition) is 5. The third-order valence-electron chi connectivity index (χ3n) is 3.67. The predicted octanol–water partition coefficient (Wildman–Crippen LogP) is 4.32. The topological polar surface area (TPSA) is 60.0 Å². The Morgan fingerprint density at radius 1 is 1.25 bits per heavy atom. The second-order valence-corrected chi connectivity index (χ2v) is 6.33. The Bertz CT molecular complexity index is 786. The van der Waals surface area contributed by atoms with Crippen LogP contribution in [0, 0.1) is 6.92 Å². The van der Waals surface area contributed by atoms with E-state index in [0.29, 0.717) is 6.61 Å². The highest BCUT2D eigenvalue weighted by Crippen LogP contribution is 2.27. The number of nitrogens with zero attached hydrogens (tertiary/aromatic N) is 2. The van der Waals surface area contributed by atoms with E-state index in [1.807, 2.05) is 51.1 Å². The van der Waals surface area contributed by atoms with Crippen molar-refractivity contribution in [2.45, 2.75) is 38.0 Å². The summed E-state index contributed by atoms with van der Waals surface area (Å²) in [6, 6.07) is 9.90. The number of rotatable bonds is 7. The first-order chi connectivity index (χ1) is 11.7.